The highest BCUT2D eigenvalue weighted by Crippen LogP contribution is 2.28. The summed E-state index contributed by atoms with van der Waals surface area (Å²) < 4.78 is 5.27. The Morgan fingerprint density at radius 1 is 1.30 bits per heavy atom. The van der Waals surface area contributed by atoms with Crippen LogP contribution in [0.15, 0.2) is 60.1 Å². The number of allylic oxidation sites excluding steroid dienone is 1. The highest BCUT2D eigenvalue weighted by Gasteiger charge is 2.11. The van der Waals surface area contributed by atoms with Crippen molar-refractivity contribution in [1.82, 2.24) is 4.98 Å². The Bertz CT molecular complexity index is 1040. The van der Waals surface area contributed by atoms with E-state index in [1.807, 2.05) is 29.6 Å². The van der Waals surface area contributed by atoms with Crippen molar-refractivity contribution >= 4 is 28.3 Å². The lowest BCUT2D eigenvalue weighted by molar-refractivity contribution is -0.384. The molecule has 0 saturated carbocycles. The largest absolute Gasteiger partial charge is 0.495 e. The van der Waals surface area contributed by atoms with Gasteiger partial charge < -0.3 is 10.1 Å². The third-order valence-corrected chi connectivity index (χ3v) is 4.58. The monoisotopic (exact) mass is 378 g/mol. The second-order valence-corrected chi connectivity index (χ2v) is 6.21. The molecule has 0 fully saturated rings. The molecule has 0 atom stereocenters. The molecule has 0 radical (unpaired) electrons. The number of rotatable bonds is 6. The number of methoxy groups -OCH3 is 1. The maximum absolute atomic E-state index is 10.7. The molecule has 8 heteroatoms. The van der Waals surface area contributed by atoms with Crippen molar-refractivity contribution in [1.29, 1.82) is 5.26 Å². The smallest absolute Gasteiger partial charge is 0.269 e. The van der Waals surface area contributed by atoms with E-state index in [1.165, 1.54) is 23.5 Å². The van der Waals surface area contributed by atoms with Crippen molar-refractivity contribution in [3.8, 4) is 23.1 Å². The van der Waals surface area contributed by atoms with Gasteiger partial charge in [0.15, 0.2) is 0 Å². The van der Waals surface area contributed by atoms with Gasteiger partial charge in [0.25, 0.3) is 5.69 Å². The van der Waals surface area contributed by atoms with E-state index in [-0.39, 0.29) is 5.69 Å². The number of anilines is 1. The number of nitrogens with one attached hydrogen (secondary N) is 1. The first kappa shape index (κ1) is 18.1. The lowest BCUT2D eigenvalue weighted by Gasteiger charge is -2.07. The van der Waals surface area contributed by atoms with E-state index < -0.39 is 4.92 Å². The molecule has 1 heterocycles. The Kier molecular flexibility index (Phi) is 5.44. The standard InChI is InChI=1S/C19H14N4O3S/c1-26-18-5-3-2-4-16(18)21-11-14(10-20)19-22-17(12-27-19)13-6-8-15(9-7-13)23(24)25/h2-9,11-12,21H,1H3/b14-11-. The summed E-state index contributed by atoms with van der Waals surface area (Å²) in [5.74, 6) is 0.664. The van der Waals surface area contributed by atoms with Gasteiger partial charge in [-0.15, -0.1) is 11.3 Å². The number of ether oxygens (including phenoxy) is 1. The van der Waals surface area contributed by atoms with Gasteiger partial charge in [-0.2, -0.15) is 5.26 Å². The lowest BCUT2D eigenvalue weighted by Crippen LogP contribution is -1.94. The number of non-ortho nitro benzene ring substituents is 1. The fraction of sp³-hybridized carbons (Fsp3) is 0.0526. The lowest BCUT2D eigenvalue weighted by atomic mass is 10.1. The van der Waals surface area contributed by atoms with Gasteiger partial charge in [-0.1, -0.05) is 12.1 Å². The molecule has 3 aromatic rings. The Balaban J connectivity index is 1.83. The van der Waals surface area contributed by atoms with Gasteiger partial charge in [-0.25, -0.2) is 4.98 Å². The minimum atomic E-state index is -0.448. The van der Waals surface area contributed by atoms with Crippen LogP contribution < -0.4 is 10.1 Å². The van der Waals surface area contributed by atoms with Crippen molar-refractivity contribution in [3.63, 3.8) is 0 Å². The van der Waals surface area contributed by atoms with Crippen molar-refractivity contribution < 1.29 is 9.66 Å². The molecule has 7 nitrogen and oxygen atoms in total. The second-order valence-electron chi connectivity index (χ2n) is 5.36. The molecule has 0 amide bonds. The molecule has 0 spiro atoms. The van der Waals surface area contributed by atoms with Crippen LogP contribution in [0.5, 0.6) is 5.75 Å². The van der Waals surface area contributed by atoms with Crippen molar-refractivity contribution in [2.75, 3.05) is 12.4 Å². The first-order valence-corrected chi connectivity index (χ1v) is 8.71. The normalized spacial score (nSPS) is 10.9. The highest BCUT2D eigenvalue weighted by atomic mass is 32.1. The molecule has 27 heavy (non-hydrogen) atoms. The van der Waals surface area contributed by atoms with Crippen LogP contribution in [0.1, 0.15) is 5.01 Å². The van der Waals surface area contributed by atoms with Crippen LogP contribution in [-0.4, -0.2) is 17.0 Å². The molecule has 0 aliphatic carbocycles. The zero-order valence-electron chi connectivity index (χ0n) is 14.2. The molecule has 2 aromatic carbocycles. The number of thiazole rings is 1. The predicted octanol–water partition coefficient (Wildman–Crippen LogP) is 4.70. The van der Waals surface area contributed by atoms with Crippen LogP contribution >= 0.6 is 11.3 Å². The van der Waals surface area contributed by atoms with E-state index in [0.29, 0.717) is 22.0 Å². The average Bonchev–Trinajstić information content (AvgIpc) is 3.19. The van der Waals surface area contributed by atoms with E-state index in [0.717, 1.165) is 11.3 Å². The fourth-order valence-corrected chi connectivity index (χ4v) is 3.13. The van der Waals surface area contributed by atoms with E-state index in [9.17, 15) is 15.4 Å². The van der Waals surface area contributed by atoms with E-state index >= 15 is 0 Å². The fourth-order valence-electron chi connectivity index (χ4n) is 2.34. The second kappa shape index (κ2) is 8.12. The van der Waals surface area contributed by atoms with Crippen LogP contribution in [0, 0.1) is 21.4 Å². The summed E-state index contributed by atoms with van der Waals surface area (Å²) in [7, 11) is 1.58. The van der Waals surface area contributed by atoms with Crippen LogP contribution in [0.3, 0.4) is 0 Å². The molecule has 0 saturated heterocycles. The molecular formula is C19H14N4O3S. The number of nitro groups is 1. The van der Waals surface area contributed by atoms with Crippen molar-refractivity contribution in [2.24, 2.45) is 0 Å². The van der Waals surface area contributed by atoms with Gasteiger partial charge in [0, 0.05) is 29.3 Å². The van der Waals surface area contributed by atoms with Crippen molar-refractivity contribution in [2.45, 2.75) is 0 Å². The van der Waals surface area contributed by atoms with Crippen LogP contribution in [-0.2, 0) is 0 Å². The van der Waals surface area contributed by atoms with Gasteiger partial charge in [-0.3, -0.25) is 10.1 Å². The van der Waals surface area contributed by atoms with Gasteiger partial charge in [0.05, 0.1) is 23.4 Å². The maximum atomic E-state index is 10.7. The topological polar surface area (TPSA) is 101 Å². The highest BCUT2D eigenvalue weighted by molar-refractivity contribution is 7.11. The number of nitriles is 1. The summed E-state index contributed by atoms with van der Waals surface area (Å²) in [6.07, 6.45) is 1.58. The van der Waals surface area contributed by atoms with Gasteiger partial charge in [0.1, 0.15) is 22.4 Å². The van der Waals surface area contributed by atoms with Crippen LogP contribution in [0.25, 0.3) is 16.8 Å². The molecule has 1 aromatic heterocycles. The van der Waals surface area contributed by atoms with Gasteiger partial charge in [0.2, 0.25) is 0 Å². The summed E-state index contributed by atoms with van der Waals surface area (Å²) in [4.78, 5) is 14.8. The number of hydrogen-bond donors (Lipinski definition) is 1. The quantitative estimate of drug-likeness (QED) is 0.379. The summed E-state index contributed by atoms with van der Waals surface area (Å²) in [5.41, 5.74) is 2.54. The summed E-state index contributed by atoms with van der Waals surface area (Å²) in [6, 6.07) is 15.6. The molecule has 0 unspecified atom stereocenters. The zero-order chi connectivity index (χ0) is 19.2. The minimum absolute atomic E-state index is 0.0211. The zero-order valence-corrected chi connectivity index (χ0v) is 15.1. The van der Waals surface area contributed by atoms with Crippen molar-refractivity contribution in [3.05, 3.63) is 75.2 Å². The Morgan fingerprint density at radius 2 is 2.04 bits per heavy atom. The number of para-hydroxylation sites is 2. The molecule has 0 aliphatic rings. The molecule has 3 rings (SSSR count). The summed E-state index contributed by atoms with van der Waals surface area (Å²) in [5, 5.41) is 25.6. The third kappa shape index (κ3) is 4.11. The molecule has 134 valence electrons. The van der Waals surface area contributed by atoms with Crippen LogP contribution in [0.2, 0.25) is 0 Å². The van der Waals surface area contributed by atoms with E-state index in [1.54, 1.807) is 25.4 Å². The minimum Gasteiger partial charge on any atom is -0.495 e. The number of benzene rings is 2. The first-order chi connectivity index (χ1) is 13.1. The number of nitrogens with zero attached hydrogens (tertiary/aromatic N) is 3. The van der Waals surface area contributed by atoms with E-state index in [2.05, 4.69) is 16.4 Å². The number of nitro benzene ring substituents is 1. The summed E-state index contributed by atoms with van der Waals surface area (Å²) >= 11 is 1.33. The molecule has 0 aliphatic heterocycles. The Labute approximate surface area is 159 Å². The van der Waals surface area contributed by atoms with E-state index in [4.69, 9.17) is 4.74 Å². The number of aromatic nitrogens is 1. The number of hydrogen-bond acceptors (Lipinski definition) is 7. The Morgan fingerprint density at radius 3 is 2.70 bits per heavy atom. The summed E-state index contributed by atoms with van der Waals surface area (Å²) in [6.45, 7) is 0. The van der Waals surface area contributed by atoms with Gasteiger partial charge >= 0.3 is 0 Å². The van der Waals surface area contributed by atoms with Gasteiger partial charge in [-0.05, 0) is 24.3 Å². The SMILES string of the molecule is COc1ccccc1N/C=C(/C#N)c1nc(-c2ccc([N+](=O)[O-])cc2)cs1. The Hall–Kier alpha value is -3.70. The van der Waals surface area contributed by atoms with Crippen LogP contribution in [0.4, 0.5) is 11.4 Å². The molecule has 1 N–H and O–H groups in total. The third-order valence-electron chi connectivity index (χ3n) is 3.71. The molecule has 0 bridgehead atoms. The molecular weight excluding hydrogens is 364 g/mol. The maximum Gasteiger partial charge on any atom is 0.269 e. The average molecular weight is 378 g/mol. The first-order valence-electron chi connectivity index (χ1n) is 7.83. The predicted molar refractivity (Wildman–Crippen MR) is 104 cm³/mol.